The Bertz CT molecular complexity index is 980. The molecule has 0 bridgehead atoms. The maximum atomic E-state index is 5.31. The van der Waals surface area contributed by atoms with Gasteiger partial charge >= 0.3 is 0 Å². The van der Waals surface area contributed by atoms with Gasteiger partial charge < -0.3 is 19.3 Å². The van der Waals surface area contributed by atoms with Crippen molar-refractivity contribution in [3.63, 3.8) is 0 Å². The Kier molecular flexibility index (Phi) is 4.94. The van der Waals surface area contributed by atoms with Crippen LogP contribution < -0.4 is 19.3 Å². The second-order valence-corrected chi connectivity index (χ2v) is 7.12. The summed E-state index contributed by atoms with van der Waals surface area (Å²) in [4.78, 5) is 14.1. The van der Waals surface area contributed by atoms with Crippen molar-refractivity contribution >= 4 is 22.4 Å². The van der Waals surface area contributed by atoms with Crippen molar-refractivity contribution in [3.8, 4) is 11.6 Å². The van der Waals surface area contributed by atoms with Crippen molar-refractivity contribution in [2.24, 2.45) is 0 Å². The number of piperazine rings is 1. The molecule has 0 aliphatic carbocycles. The number of nitrogens with zero attached hydrogens (tertiary/aromatic N) is 4. The summed E-state index contributed by atoms with van der Waals surface area (Å²) in [5.41, 5.74) is 6.29. The molecule has 1 saturated heterocycles. The molecule has 3 aromatic rings. The summed E-state index contributed by atoms with van der Waals surface area (Å²) in [5, 5.41) is 0. The summed E-state index contributed by atoms with van der Waals surface area (Å²) in [6.45, 7) is 7.98. The number of aromatic nitrogens is 2. The van der Waals surface area contributed by atoms with E-state index in [1.54, 1.807) is 14.2 Å². The average molecular weight is 378 g/mol. The normalized spacial score (nSPS) is 14.4. The fourth-order valence-electron chi connectivity index (χ4n) is 3.80. The molecule has 1 fully saturated rings. The zero-order valence-corrected chi connectivity index (χ0v) is 16.9. The molecule has 6 heteroatoms. The summed E-state index contributed by atoms with van der Waals surface area (Å²) in [6.07, 6.45) is 0. The number of benzene rings is 2. The number of hydrogen-bond acceptors (Lipinski definition) is 6. The van der Waals surface area contributed by atoms with Crippen molar-refractivity contribution in [1.82, 2.24) is 9.97 Å². The van der Waals surface area contributed by atoms with Gasteiger partial charge in [-0.2, -0.15) is 0 Å². The highest BCUT2D eigenvalue weighted by Gasteiger charge is 2.20. The second kappa shape index (κ2) is 7.54. The molecule has 0 saturated carbocycles. The van der Waals surface area contributed by atoms with Gasteiger partial charge in [0.2, 0.25) is 5.88 Å². The van der Waals surface area contributed by atoms with Crippen molar-refractivity contribution in [3.05, 3.63) is 47.7 Å². The highest BCUT2D eigenvalue weighted by atomic mass is 16.5. The van der Waals surface area contributed by atoms with Gasteiger partial charge in [-0.3, -0.25) is 0 Å². The number of fused-ring (bicyclic) bond motifs is 1. The molecule has 0 atom stereocenters. The van der Waals surface area contributed by atoms with E-state index in [4.69, 9.17) is 9.47 Å². The molecular formula is C22H26N4O2. The van der Waals surface area contributed by atoms with E-state index in [9.17, 15) is 0 Å². The zero-order chi connectivity index (χ0) is 19.7. The summed E-state index contributed by atoms with van der Waals surface area (Å²) < 4.78 is 10.6. The number of anilines is 2. The van der Waals surface area contributed by atoms with Crippen LogP contribution in [0.2, 0.25) is 0 Å². The van der Waals surface area contributed by atoms with Crippen LogP contribution in [0.25, 0.3) is 11.0 Å². The summed E-state index contributed by atoms with van der Waals surface area (Å²) in [6, 6.07) is 12.6. The maximum absolute atomic E-state index is 5.31. The van der Waals surface area contributed by atoms with Crippen LogP contribution in [-0.4, -0.2) is 50.4 Å². The molecule has 6 nitrogen and oxygen atoms in total. The third kappa shape index (κ3) is 3.42. The van der Waals surface area contributed by atoms with Gasteiger partial charge in [-0.15, -0.1) is 0 Å². The highest BCUT2D eigenvalue weighted by Crippen LogP contribution is 2.29. The minimum atomic E-state index is 0.591. The van der Waals surface area contributed by atoms with E-state index < -0.39 is 0 Å². The van der Waals surface area contributed by atoms with Gasteiger partial charge in [0.15, 0.2) is 0 Å². The lowest BCUT2D eigenvalue weighted by molar-refractivity contribution is 0.394. The molecule has 1 aromatic heterocycles. The predicted octanol–water partition coefficient (Wildman–Crippen LogP) is 3.59. The molecule has 0 amide bonds. The fourth-order valence-corrected chi connectivity index (χ4v) is 3.80. The number of ether oxygens (including phenoxy) is 2. The SMILES string of the molecule is COc1ccc(N2CCN(c3cc4nc(C)c(OC)nc4cc3C)CC2)cc1. The molecule has 1 aliphatic heterocycles. The molecule has 2 heterocycles. The molecule has 146 valence electrons. The van der Waals surface area contributed by atoms with E-state index in [0.29, 0.717) is 5.88 Å². The Morgan fingerprint density at radius 3 is 2.07 bits per heavy atom. The lowest BCUT2D eigenvalue weighted by Gasteiger charge is -2.38. The van der Waals surface area contributed by atoms with Gasteiger partial charge in [-0.25, -0.2) is 9.97 Å². The molecule has 0 spiro atoms. The van der Waals surface area contributed by atoms with Crippen LogP contribution in [0.5, 0.6) is 11.6 Å². The van der Waals surface area contributed by atoms with E-state index in [0.717, 1.165) is 48.7 Å². The quantitative estimate of drug-likeness (QED) is 0.692. The number of rotatable bonds is 4. The predicted molar refractivity (Wildman–Crippen MR) is 113 cm³/mol. The van der Waals surface area contributed by atoms with Crippen LogP contribution >= 0.6 is 0 Å². The molecule has 0 N–H and O–H groups in total. The summed E-state index contributed by atoms with van der Waals surface area (Å²) in [5.74, 6) is 1.48. The number of methoxy groups -OCH3 is 2. The van der Waals surface area contributed by atoms with E-state index in [1.807, 2.05) is 19.1 Å². The molecule has 0 radical (unpaired) electrons. The van der Waals surface area contributed by atoms with E-state index in [-0.39, 0.29) is 0 Å². The molecule has 28 heavy (non-hydrogen) atoms. The lowest BCUT2D eigenvalue weighted by Crippen LogP contribution is -2.46. The Morgan fingerprint density at radius 1 is 0.786 bits per heavy atom. The standard InChI is InChI=1S/C22H26N4O2/c1-15-13-19-20(23-16(2)22(24-19)28-4)14-21(15)26-11-9-25(10-12-26)17-5-7-18(27-3)8-6-17/h5-8,13-14H,9-12H2,1-4H3. The zero-order valence-electron chi connectivity index (χ0n) is 16.9. The Labute approximate surface area is 165 Å². The molecule has 4 rings (SSSR count). The van der Waals surface area contributed by atoms with Crippen LogP contribution in [0.4, 0.5) is 11.4 Å². The maximum Gasteiger partial charge on any atom is 0.235 e. The Hall–Kier alpha value is -3.02. The largest absolute Gasteiger partial charge is 0.497 e. The van der Waals surface area contributed by atoms with Crippen molar-refractivity contribution < 1.29 is 9.47 Å². The van der Waals surface area contributed by atoms with Crippen LogP contribution in [0.1, 0.15) is 11.3 Å². The van der Waals surface area contributed by atoms with E-state index >= 15 is 0 Å². The van der Waals surface area contributed by atoms with Gasteiger partial charge in [-0.1, -0.05) is 0 Å². The van der Waals surface area contributed by atoms with Crippen LogP contribution in [0.3, 0.4) is 0 Å². The van der Waals surface area contributed by atoms with Gasteiger partial charge in [0.05, 0.1) is 25.3 Å². The van der Waals surface area contributed by atoms with Gasteiger partial charge in [0.1, 0.15) is 11.4 Å². The van der Waals surface area contributed by atoms with Crippen LogP contribution in [-0.2, 0) is 0 Å². The first-order valence-corrected chi connectivity index (χ1v) is 9.56. The Balaban J connectivity index is 1.53. The van der Waals surface area contributed by atoms with Crippen LogP contribution in [0, 0.1) is 13.8 Å². The molecule has 0 unspecified atom stereocenters. The van der Waals surface area contributed by atoms with Gasteiger partial charge in [-0.05, 0) is 55.8 Å². The third-order valence-electron chi connectivity index (χ3n) is 5.36. The van der Waals surface area contributed by atoms with Gasteiger partial charge in [0, 0.05) is 37.6 Å². The topological polar surface area (TPSA) is 50.7 Å². The summed E-state index contributed by atoms with van der Waals surface area (Å²) >= 11 is 0. The summed E-state index contributed by atoms with van der Waals surface area (Å²) in [7, 11) is 3.33. The monoisotopic (exact) mass is 378 g/mol. The number of hydrogen-bond donors (Lipinski definition) is 0. The van der Waals surface area contributed by atoms with Crippen molar-refractivity contribution in [1.29, 1.82) is 0 Å². The van der Waals surface area contributed by atoms with E-state index in [2.05, 4.69) is 51.0 Å². The number of aryl methyl sites for hydroxylation is 2. The third-order valence-corrected chi connectivity index (χ3v) is 5.36. The smallest absolute Gasteiger partial charge is 0.235 e. The fraction of sp³-hybridized carbons (Fsp3) is 0.364. The molecule has 1 aliphatic rings. The first-order valence-electron chi connectivity index (χ1n) is 9.56. The Morgan fingerprint density at radius 2 is 1.43 bits per heavy atom. The average Bonchev–Trinajstić information content (AvgIpc) is 2.73. The second-order valence-electron chi connectivity index (χ2n) is 7.12. The van der Waals surface area contributed by atoms with Gasteiger partial charge in [0.25, 0.3) is 0 Å². The van der Waals surface area contributed by atoms with Crippen molar-refractivity contribution in [2.75, 3.05) is 50.2 Å². The van der Waals surface area contributed by atoms with Crippen molar-refractivity contribution in [2.45, 2.75) is 13.8 Å². The first-order chi connectivity index (χ1) is 13.6. The van der Waals surface area contributed by atoms with Crippen LogP contribution in [0.15, 0.2) is 36.4 Å². The minimum absolute atomic E-state index is 0.591. The van der Waals surface area contributed by atoms with E-state index in [1.165, 1.54) is 16.9 Å². The highest BCUT2D eigenvalue weighted by molar-refractivity contribution is 5.81. The lowest BCUT2D eigenvalue weighted by atomic mass is 10.1. The minimum Gasteiger partial charge on any atom is -0.497 e. The molecule has 2 aromatic carbocycles. The molecular weight excluding hydrogens is 352 g/mol. The first kappa shape index (κ1) is 18.3.